The number of anilines is 1. The fraction of sp³-hybridized carbons (Fsp3) is 0.333. The molecule has 21 heavy (non-hydrogen) atoms. The van der Waals surface area contributed by atoms with Crippen molar-refractivity contribution >= 4 is 11.6 Å². The van der Waals surface area contributed by atoms with Crippen LogP contribution >= 0.6 is 0 Å². The van der Waals surface area contributed by atoms with Crippen LogP contribution in [0.25, 0.3) is 0 Å². The molecule has 1 unspecified atom stereocenters. The van der Waals surface area contributed by atoms with Crippen molar-refractivity contribution in [1.82, 2.24) is 9.78 Å². The first-order chi connectivity index (χ1) is 10.1. The number of aromatic nitrogens is 2. The Bertz CT molecular complexity index is 695. The molecule has 0 saturated carbocycles. The maximum absolute atomic E-state index is 13.9. The second kappa shape index (κ2) is 5.20. The molecule has 6 heteroatoms. The number of nitrogens with one attached hydrogen (secondary N) is 1. The summed E-state index contributed by atoms with van der Waals surface area (Å²) < 4.78 is 15.8. The lowest BCUT2D eigenvalue weighted by atomic mass is 9.92. The molecule has 1 aliphatic carbocycles. The van der Waals surface area contributed by atoms with Crippen molar-refractivity contribution < 1.29 is 9.18 Å². The predicted octanol–water partition coefficient (Wildman–Crippen LogP) is 2.15. The molecule has 3 N–H and O–H groups in total. The van der Waals surface area contributed by atoms with Gasteiger partial charge in [0.2, 0.25) is 5.91 Å². The highest BCUT2D eigenvalue weighted by atomic mass is 19.1. The summed E-state index contributed by atoms with van der Waals surface area (Å²) in [4.78, 5) is 11.2. The second-order valence-corrected chi connectivity index (χ2v) is 5.32. The fourth-order valence-electron chi connectivity index (χ4n) is 2.83. The van der Waals surface area contributed by atoms with Gasteiger partial charge >= 0.3 is 0 Å². The highest BCUT2D eigenvalue weighted by Crippen LogP contribution is 2.33. The molecule has 1 amide bonds. The zero-order chi connectivity index (χ0) is 15.0. The minimum absolute atomic E-state index is 0.0000709. The Kier molecular flexibility index (Phi) is 3.37. The van der Waals surface area contributed by atoms with E-state index in [-0.39, 0.29) is 6.04 Å². The SMILES string of the molecule is Cn1ncc2c1CCCC2Nc1cc(C(N)=O)ccc1F. The highest BCUT2D eigenvalue weighted by Gasteiger charge is 2.24. The summed E-state index contributed by atoms with van der Waals surface area (Å²) in [6.45, 7) is 0. The molecule has 1 heterocycles. The van der Waals surface area contributed by atoms with Gasteiger partial charge in [0, 0.05) is 23.9 Å². The number of halogens is 1. The van der Waals surface area contributed by atoms with Gasteiger partial charge in [-0.2, -0.15) is 5.10 Å². The first-order valence-corrected chi connectivity index (χ1v) is 6.93. The summed E-state index contributed by atoms with van der Waals surface area (Å²) >= 11 is 0. The largest absolute Gasteiger partial charge is 0.376 e. The number of carbonyl (C=O) groups excluding carboxylic acids is 1. The number of primary amides is 1. The average molecular weight is 288 g/mol. The first kappa shape index (κ1) is 13.6. The van der Waals surface area contributed by atoms with Gasteiger partial charge < -0.3 is 11.1 Å². The summed E-state index contributed by atoms with van der Waals surface area (Å²) in [6.07, 6.45) is 4.72. The van der Waals surface area contributed by atoms with Crippen molar-refractivity contribution in [1.29, 1.82) is 0 Å². The molecule has 5 nitrogen and oxygen atoms in total. The molecule has 1 atom stereocenters. The van der Waals surface area contributed by atoms with Crippen LogP contribution in [0.4, 0.5) is 10.1 Å². The number of fused-ring (bicyclic) bond motifs is 1. The smallest absolute Gasteiger partial charge is 0.248 e. The third kappa shape index (κ3) is 2.49. The van der Waals surface area contributed by atoms with E-state index in [1.807, 2.05) is 17.9 Å². The number of nitrogens with zero attached hydrogens (tertiary/aromatic N) is 2. The summed E-state index contributed by atoms with van der Waals surface area (Å²) in [5.41, 5.74) is 8.10. The number of nitrogens with two attached hydrogens (primary N) is 1. The van der Waals surface area contributed by atoms with Crippen LogP contribution < -0.4 is 11.1 Å². The van der Waals surface area contributed by atoms with Crippen LogP contribution in [0, 0.1) is 5.82 Å². The molecule has 110 valence electrons. The van der Waals surface area contributed by atoms with Crippen molar-refractivity contribution in [3.8, 4) is 0 Å². The quantitative estimate of drug-likeness (QED) is 0.909. The van der Waals surface area contributed by atoms with Crippen LogP contribution in [0.2, 0.25) is 0 Å². The summed E-state index contributed by atoms with van der Waals surface area (Å²) in [7, 11) is 1.91. The van der Waals surface area contributed by atoms with E-state index in [9.17, 15) is 9.18 Å². The topological polar surface area (TPSA) is 72.9 Å². The van der Waals surface area contributed by atoms with E-state index in [2.05, 4.69) is 10.4 Å². The van der Waals surface area contributed by atoms with Crippen molar-refractivity contribution in [3.63, 3.8) is 0 Å². The van der Waals surface area contributed by atoms with E-state index in [4.69, 9.17) is 5.73 Å². The average Bonchev–Trinajstić information content (AvgIpc) is 2.84. The van der Waals surface area contributed by atoms with Gasteiger partial charge in [0.1, 0.15) is 5.82 Å². The van der Waals surface area contributed by atoms with E-state index < -0.39 is 11.7 Å². The van der Waals surface area contributed by atoms with Crippen LogP contribution in [0.5, 0.6) is 0 Å². The number of hydrogen-bond donors (Lipinski definition) is 2. The first-order valence-electron chi connectivity index (χ1n) is 6.93. The molecule has 0 fully saturated rings. The van der Waals surface area contributed by atoms with Gasteiger partial charge in [-0.25, -0.2) is 4.39 Å². The summed E-state index contributed by atoms with van der Waals surface area (Å²) in [5.74, 6) is -0.959. The normalized spacial score (nSPS) is 17.3. The molecule has 2 aromatic rings. The van der Waals surface area contributed by atoms with Crippen LogP contribution in [-0.2, 0) is 13.5 Å². The van der Waals surface area contributed by atoms with Crippen LogP contribution in [0.15, 0.2) is 24.4 Å². The summed E-state index contributed by atoms with van der Waals surface area (Å²) in [6, 6.07) is 4.11. The molecule has 1 aromatic heterocycles. The number of hydrogen-bond acceptors (Lipinski definition) is 3. The van der Waals surface area contributed by atoms with Gasteiger partial charge in [0.25, 0.3) is 0 Å². The van der Waals surface area contributed by atoms with Gasteiger partial charge in [-0.15, -0.1) is 0 Å². The van der Waals surface area contributed by atoms with Gasteiger partial charge in [-0.05, 0) is 37.5 Å². The van der Waals surface area contributed by atoms with Crippen LogP contribution in [0.3, 0.4) is 0 Å². The molecule has 0 bridgehead atoms. The molecule has 0 aliphatic heterocycles. The molecule has 3 rings (SSSR count). The van der Waals surface area contributed by atoms with Crippen molar-refractivity contribution in [3.05, 3.63) is 47.0 Å². The van der Waals surface area contributed by atoms with Crippen molar-refractivity contribution in [2.75, 3.05) is 5.32 Å². The molecular weight excluding hydrogens is 271 g/mol. The molecular formula is C15H17FN4O. The number of benzene rings is 1. The Morgan fingerprint density at radius 2 is 2.33 bits per heavy atom. The third-order valence-electron chi connectivity index (χ3n) is 3.96. The zero-order valence-electron chi connectivity index (χ0n) is 11.8. The number of rotatable bonds is 3. The van der Waals surface area contributed by atoms with E-state index in [1.165, 1.54) is 23.9 Å². The van der Waals surface area contributed by atoms with Gasteiger partial charge in [0.15, 0.2) is 0 Å². The Hall–Kier alpha value is -2.37. The zero-order valence-corrected chi connectivity index (χ0v) is 11.8. The Balaban J connectivity index is 1.91. The standard InChI is InChI=1S/C15H17FN4O/c1-20-14-4-2-3-12(10(14)8-18-20)19-13-7-9(15(17)21)5-6-11(13)16/h5-8,12,19H,2-4H2,1H3,(H2,17,21). The maximum Gasteiger partial charge on any atom is 0.248 e. The third-order valence-corrected chi connectivity index (χ3v) is 3.96. The summed E-state index contributed by atoms with van der Waals surface area (Å²) in [5, 5.41) is 7.44. The van der Waals surface area contributed by atoms with E-state index in [0.29, 0.717) is 11.3 Å². The molecule has 0 radical (unpaired) electrons. The Morgan fingerprint density at radius 1 is 1.52 bits per heavy atom. The molecule has 0 saturated heterocycles. The molecule has 0 spiro atoms. The molecule has 1 aromatic carbocycles. The fourth-order valence-corrected chi connectivity index (χ4v) is 2.83. The van der Waals surface area contributed by atoms with Gasteiger partial charge in [-0.3, -0.25) is 9.48 Å². The van der Waals surface area contributed by atoms with Gasteiger partial charge in [-0.1, -0.05) is 0 Å². The monoisotopic (exact) mass is 288 g/mol. The van der Waals surface area contributed by atoms with E-state index in [0.717, 1.165) is 24.8 Å². The predicted molar refractivity (Wildman–Crippen MR) is 77.4 cm³/mol. The second-order valence-electron chi connectivity index (χ2n) is 5.32. The lowest BCUT2D eigenvalue weighted by molar-refractivity contribution is 0.100. The lowest BCUT2D eigenvalue weighted by Crippen LogP contribution is -2.19. The number of amides is 1. The Morgan fingerprint density at radius 3 is 3.10 bits per heavy atom. The van der Waals surface area contributed by atoms with Crippen molar-refractivity contribution in [2.45, 2.75) is 25.3 Å². The Labute approximate surface area is 121 Å². The number of carbonyl (C=O) groups is 1. The van der Waals surface area contributed by atoms with Gasteiger partial charge in [0.05, 0.1) is 17.9 Å². The maximum atomic E-state index is 13.9. The van der Waals surface area contributed by atoms with Crippen LogP contribution in [-0.4, -0.2) is 15.7 Å². The van der Waals surface area contributed by atoms with E-state index >= 15 is 0 Å². The molecule has 1 aliphatic rings. The highest BCUT2D eigenvalue weighted by molar-refractivity contribution is 5.93. The van der Waals surface area contributed by atoms with Crippen molar-refractivity contribution in [2.24, 2.45) is 12.8 Å². The minimum Gasteiger partial charge on any atom is -0.376 e. The number of aryl methyl sites for hydroxylation is 1. The lowest BCUT2D eigenvalue weighted by Gasteiger charge is -2.25. The van der Waals surface area contributed by atoms with Crippen LogP contribution in [0.1, 0.15) is 40.5 Å². The minimum atomic E-state index is -0.566. The van der Waals surface area contributed by atoms with E-state index in [1.54, 1.807) is 0 Å².